The van der Waals surface area contributed by atoms with Crippen molar-refractivity contribution in [3.63, 3.8) is 0 Å². The van der Waals surface area contributed by atoms with Crippen molar-refractivity contribution in [3.05, 3.63) is 24.3 Å². The molecule has 0 aliphatic heterocycles. The molecule has 40 heavy (non-hydrogen) atoms. The van der Waals surface area contributed by atoms with Gasteiger partial charge in [0.25, 0.3) is 0 Å². The molecule has 7 nitrogen and oxygen atoms in total. The van der Waals surface area contributed by atoms with Crippen LogP contribution in [0.5, 0.6) is 0 Å². The molecule has 0 fully saturated rings. The smallest absolute Gasteiger partial charge is 0.394 e. The first-order valence-electron chi connectivity index (χ1n) is 16.1. The third kappa shape index (κ3) is 24.1. The summed E-state index contributed by atoms with van der Waals surface area (Å²) >= 11 is 0. The van der Waals surface area contributed by atoms with E-state index in [-0.39, 0.29) is 0 Å². The largest absolute Gasteiger partial charge is 0.473 e. The Balaban J connectivity index is 5.29. The Morgan fingerprint density at radius 2 is 1.15 bits per heavy atom. The number of phosphoric acid groups is 1. The van der Waals surface area contributed by atoms with Gasteiger partial charge in [0, 0.05) is 0 Å². The molecule has 0 aliphatic rings. The standard InChI is InChI=1S/C32H64NO6P/c1-6-8-10-12-14-16-18-20-22-24-26-32(30-33(3,4)5,39-40(36,37)38-29-31(35)28-34)27-25-23-21-19-17-15-13-11-9-7-2/h24-27,31,34-35H,6-23,28-30H2,1-5H3/p+1. The average molecular weight is 591 g/mol. The maximum atomic E-state index is 12.9. The van der Waals surface area contributed by atoms with E-state index in [1.807, 2.05) is 33.3 Å². The molecule has 3 N–H and O–H groups in total. The summed E-state index contributed by atoms with van der Waals surface area (Å²) in [6.07, 6.45) is 28.5. The number of quaternary nitrogens is 1. The van der Waals surface area contributed by atoms with E-state index in [1.54, 1.807) is 0 Å². The highest BCUT2D eigenvalue weighted by Crippen LogP contribution is 2.48. The Hall–Kier alpha value is -0.530. The molecular weight excluding hydrogens is 525 g/mol. The summed E-state index contributed by atoms with van der Waals surface area (Å²) < 4.78 is 24.4. The Morgan fingerprint density at radius 1 is 0.750 bits per heavy atom. The Morgan fingerprint density at radius 3 is 1.52 bits per heavy atom. The van der Waals surface area contributed by atoms with Gasteiger partial charge in [-0.15, -0.1) is 0 Å². The first-order chi connectivity index (χ1) is 19.0. The first kappa shape index (κ1) is 39.5. The van der Waals surface area contributed by atoms with Crippen molar-refractivity contribution < 1.29 is 33.2 Å². The van der Waals surface area contributed by atoms with Gasteiger partial charge in [-0.1, -0.05) is 116 Å². The number of nitrogens with zero attached hydrogens (tertiary/aromatic N) is 1. The van der Waals surface area contributed by atoms with Gasteiger partial charge in [0.05, 0.1) is 34.4 Å². The molecule has 2 unspecified atom stereocenters. The van der Waals surface area contributed by atoms with Crippen LogP contribution in [0.4, 0.5) is 0 Å². The second-order valence-corrected chi connectivity index (χ2v) is 13.8. The number of likely N-dealkylation sites (N-methyl/N-ethyl adjacent to an activating group) is 1. The third-order valence-electron chi connectivity index (χ3n) is 6.90. The molecule has 0 aromatic rings. The lowest BCUT2D eigenvalue weighted by Crippen LogP contribution is -2.48. The number of hydrogen-bond donors (Lipinski definition) is 3. The highest BCUT2D eigenvalue weighted by atomic mass is 31.2. The fourth-order valence-corrected chi connectivity index (χ4v) is 5.85. The molecule has 8 heteroatoms. The van der Waals surface area contributed by atoms with E-state index in [4.69, 9.17) is 14.2 Å². The SMILES string of the molecule is CCCCCCCCCCC=CC(C=CCCCCCCCCCC)(C[N+](C)(C)C)OP(=O)(O)OCC(O)CO. The van der Waals surface area contributed by atoms with Crippen molar-refractivity contribution >= 4 is 7.82 Å². The van der Waals surface area contributed by atoms with E-state index in [9.17, 15) is 14.6 Å². The number of allylic oxidation sites excluding steroid dienone is 2. The van der Waals surface area contributed by atoms with Crippen LogP contribution >= 0.6 is 7.82 Å². The lowest BCUT2D eigenvalue weighted by molar-refractivity contribution is -0.874. The van der Waals surface area contributed by atoms with E-state index >= 15 is 0 Å². The molecule has 0 saturated heterocycles. The summed E-state index contributed by atoms with van der Waals surface area (Å²) in [6, 6.07) is 0. The van der Waals surface area contributed by atoms with Crippen LogP contribution in [0.3, 0.4) is 0 Å². The summed E-state index contributed by atoms with van der Waals surface area (Å²) in [4.78, 5) is 10.6. The molecule has 0 heterocycles. The van der Waals surface area contributed by atoms with Crippen molar-refractivity contribution in [2.24, 2.45) is 0 Å². The fourth-order valence-electron chi connectivity index (χ4n) is 4.82. The van der Waals surface area contributed by atoms with Crippen molar-refractivity contribution in [2.75, 3.05) is 40.9 Å². The van der Waals surface area contributed by atoms with Gasteiger partial charge in [-0.25, -0.2) is 4.57 Å². The van der Waals surface area contributed by atoms with Crippen LogP contribution in [0.1, 0.15) is 129 Å². The highest BCUT2D eigenvalue weighted by molar-refractivity contribution is 7.47. The van der Waals surface area contributed by atoms with Crippen LogP contribution < -0.4 is 0 Å². The van der Waals surface area contributed by atoms with Crippen LogP contribution in [0.25, 0.3) is 0 Å². The van der Waals surface area contributed by atoms with Gasteiger partial charge in [-0.3, -0.25) is 9.05 Å². The number of hydrogen-bond acceptors (Lipinski definition) is 5. The second-order valence-electron chi connectivity index (χ2n) is 12.4. The molecule has 0 amide bonds. The minimum Gasteiger partial charge on any atom is -0.394 e. The van der Waals surface area contributed by atoms with Crippen molar-refractivity contribution in [2.45, 2.75) is 141 Å². The minimum atomic E-state index is -4.51. The quantitative estimate of drug-likeness (QED) is 0.0369. The average Bonchev–Trinajstić information content (AvgIpc) is 2.88. The van der Waals surface area contributed by atoms with Gasteiger partial charge in [0.2, 0.25) is 0 Å². The number of unbranched alkanes of at least 4 members (excludes halogenated alkanes) is 16. The molecule has 0 aromatic heterocycles. The lowest BCUT2D eigenvalue weighted by Gasteiger charge is -2.36. The molecular formula is C32H65NO6P+. The van der Waals surface area contributed by atoms with Crippen molar-refractivity contribution in [1.29, 1.82) is 0 Å². The van der Waals surface area contributed by atoms with Crippen LogP contribution in [0.2, 0.25) is 0 Å². The van der Waals surface area contributed by atoms with E-state index in [2.05, 4.69) is 26.0 Å². The monoisotopic (exact) mass is 590 g/mol. The number of rotatable bonds is 28. The highest BCUT2D eigenvalue weighted by Gasteiger charge is 2.40. The minimum absolute atomic E-state index is 0.436. The molecule has 0 aliphatic carbocycles. The number of aliphatic hydroxyl groups excluding tert-OH is 2. The molecule has 0 bridgehead atoms. The zero-order chi connectivity index (χ0) is 30.2. The second kappa shape index (κ2) is 24.0. The predicted molar refractivity (Wildman–Crippen MR) is 168 cm³/mol. The van der Waals surface area contributed by atoms with Gasteiger partial charge in [0.1, 0.15) is 12.6 Å². The number of aliphatic hydroxyl groups is 2. The topological polar surface area (TPSA) is 96.2 Å². The normalized spacial score (nSPS) is 16.5. The van der Waals surface area contributed by atoms with Crippen LogP contribution in [-0.2, 0) is 13.6 Å². The first-order valence-corrected chi connectivity index (χ1v) is 17.6. The van der Waals surface area contributed by atoms with Gasteiger partial charge in [0.15, 0.2) is 5.60 Å². The van der Waals surface area contributed by atoms with Gasteiger partial charge in [-0.05, 0) is 37.8 Å². The Labute approximate surface area is 247 Å². The molecule has 0 aromatic carbocycles. The molecule has 0 radical (unpaired) electrons. The van der Waals surface area contributed by atoms with Gasteiger partial charge < -0.3 is 19.6 Å². The lowest BCUT2D eigenvalue weighted by atomic mass is 9.99. The van der Waals surface area contributed by atoms with Gasteiger partial charge in [-0.2, -0.15) is 0 Å². The summed E-state index contributed by atoms with van der Waals surface area (Å²) in [7, 11) is 1.56. The summed E-state index contributed by atoms with van der Waals surface area (Å²) in [5.74, 6) is 0. The molecule has 2 atom stereocenters. The fraction of sp³-hybridized carbons (Fsp3) is 0.875. The summed E-state index contributed by atoms with van der Waals surface area (Å²) in [6.45, 7) is 3.88. The summed E-state index contributed by atoms with van der Waals surface area (Å²) in [5, 5.41) is 18.7. The zero-order valence-electron chi connectivity index (χ0n) is 26.7. The maximum Gasteiger partial charge on any atom is 0.473 e. The number of phosphoric ester groups is 1. The third-order valence-corrected chi connectivity index (χ3v) is 7.94. The van der Waals surface area contributed by atoms with Crippen LogP contribution in [0, 0.1) is 0 Å². The molecule has 0 saturated carbocycles. The molecule has 0 spiro atoms. The van der Waals surface area contributed by atoms with Crippen LogP contribution in [-0.4, -0.2) is 72.2 Å². The zero-order valence-corrected chi connectivity index (χ0v) is 27.6. The van der Waals surface area contributed by atoms with Crippen molar-refractivity contribution in [1.82, 2.24) is 0 Å². The Kier molecular flexibility index (Phi) is 23.7. The van der Waals surface area contributed by atoms with E-state index in [1.165, 1.54) is 89.9 Å². The van der Waals surface area contributed by atoms with E-state index in [0.717, 1.165) is 25.7 Å². The van der Waals surface area contributed by atoms with Crippen molar-refractivity contribution in [3.8, 4) is 0 Å². The summed E-state index contributed by atoms with van der Waals surface area (Å²) in [5.41, 5.74) is -1.13. The van der Waals surface area contributed by atoms with Gasteiger partial charge >= 0.3 is 7.82 Å². The predicted octanol–water partition coefficient (Wildman–Crippen LogP) is 8.09. The molecule has 0 rings (SSSR count). The van der Waals surface area contributed by atoms with Crippen LogP contribution in [0.15, 0.2) is 24.3 Å². The van der Waals surface area contributed by atoms with E-state index < -0.39 is 32.7 Å². The maximum absolute atomic E-state index is 12.9. The van der Waals surface area contributed by atoms with E-state index in [0.29, 0.717) is 11.0 Å². The molecule has 238 valence electrons. The Bertz CT molecular complexity index is 661.